The number of carbonyl (C=O) groups excluding carboxylic acids is 1. The highest BCUT2D eigenvalue weighted by atomic mass is 32.1. The van der Waals surface area contributed by atoms with Crippen molar-refractivity contribution in [3.8, 4) is 0 Å². The summed E-state index contributed by atoms with van der Waals surface area (Å²) in [5.74, 6) is -0.138. The number of hydrogen-bond donors (Lipinski definition) is 0. The molecule has 1 saturated heterocycles. The van der Waals surface area contributed by atoms with Gasteiger partial charge in [-0.2, -0.15) is 0 Å². The molecule has 0 bridgehead atoms. The summed E-state index contributed by atoms with van der Waals surface area (Å²) in [5.41, 5.74) is 0.868. The molecular formula is C17H19FN2OS. The zero-order valence-corrected chi connectivity index (χ0v) is 13.2. The zero-order valence-electron chi connectivity index (χ0n) is 12.4. The quantitative estimate of drug-likeness (QED) is 0.865. The SMILES string of the molecule is O=C(Cc1ccc(F)cc1)N1CCN(Cc2cccs2)CC1. The number of benzene rings is 1. The summed E-state index contributed by atoms with van der Waals surface area (Å²) in [5, 5.41) is 2.10. The topological polar surface area (TPSA) is 23.6 Å². The minimum Gasteiger partial charge on any atom is -0.340 e. The lowest BCUT2D eigenvalue weighted by atomic mass is 10.1. The Morgan fingerprint density at radius 1 is 1.09 bits per heavy atom. The molecule has 1 aromatic heterocycles. The normalized spacial score (nSPS) is 16.0. The van der Waals surface area contributed by atoms with Crippen LogP contribution in [0.1, 0.15) is 10.4 Å². The number of rotatable bonds is 4. The second kappa shape index (κ2) is 7.03. The molecule has 1 fully saturated rings. The molecular weight excluding hydrogens is 299 g/mol. The van der Waals surface area contributed by atoms with Gasteiger partial charge in [-0.05, 0) is 29.1 Å². The molecule has 22 heavy (non-hydrogen) atoms. The molecule has 0 spiro atoms. The van der Waals surface area contributed by atoms with E-state index in [1.807, 2.05) is 4.90 Å². The van der Waals surface area contributed by atoms with Crippen LogP contribution in [0.4, 0.5) is 4.39 Å². The van der Waals surface area contributed by atoms with Crippen molar-refractivity contribution < 1.29 is 9.18 Å². The van der Waals surface area contributed by atoms with Gasteiger partial charge in [-0.3, -0.25) is 9.69 Å². The van der Waals surface area contributed by atoms with E-state index >= 15 is 0 Å². The molecule has 0 radical (unpaired) electrons. The monoisotopic (exact) mass is 318 g/mol. The molecule has 2 aromatic rings. The number of amides is 1. The summed E-state index contributed by atoms with van der Waals surface area (Å²) < 4.78 is 12.9. The van der Waals surface area contributed by atoms with E-state index in [4.69, 9.17) is 0 Å². The van der Waals surface area contributed by atoms with Gasteiger partial charge in [0.15, 0.2) is 0 Å². The van der Waals surface area contributed by atoms with Crippen LogP contribution in [0.15, 0.2) is 41.8 Å². The van der Waals surface area contributed by atoms with Crippen molar-refractivity contribution >= 4 is 17.2 Å². The third-order valence-electron chi connectivity index (χ3n) is 3.95. The second-order valence-electron chi connectivity index (χ2n) is 5.54. The minimum atomic E-state index is -0.265. The predicted molar refractivity (Wildman–Crippen MR) is 86.3 cm³/mol. The van der Waals surface area contributed by atoms with E-state index in [1.165, 1.54) is 17.0 Å². The van der Waals surface area contributed by atoms with Crippen LogP contribution in [0.5, 0.6) is 0 Å². The summed E-state index contributed by atoms with van der Waals surface area (Å²) in [6.45, 7) is 4.33. The molecule has 2 heterocycles. The Balaban J connectivity index is 1.48. The Morgan fingerprint density at radius 3 is 2.45 bits per heavy atom. The molecule has 1 aliphatic rings. The lowest BCUT2D eigenvalue weighted by Gasteiger charge is -2.34. The summed E-state index contributed by atoms with van der Waals surface area (Å²) >= 11 is 1.77. The van der Waals surface area contributed by atoms with Crippen LogP contribution in [0, 0.1) is 5.82 Å². The van der Waals surface area contributed by atoms with Gasteiger partial charge >= 0.3 is 0 Å². The van der Waals surface area contributed by atoms with Crippen LogP contribution >= 0.6 is 11.3 Å². The maximum Gasteiger partial charge on any atom is 0.227 e. The van der Waals surface area contributed by atoms with E-state index in [0.717, 1.165) is 38.3 Å². The fourth-order valence-electron chi connectivity index (χ4n) is 2.67. The largest absolute Gasteiger partial charge is 0.340 e. The second-order valence-corrected chi connectivity index (χ2v) is 6.57. The van der Waals surface area contributed by atoms with E-state index in [2.05, 4.69) is 22.4 Å². The van der Waals surface area contributed by atoms with Gasteiger partial charge in [0.05, 0.1) is 6.42 Å². The molecule has 3 rings (SSSR count). The maximum absolute atomic E-state index is 12.9. The molecule has 0 aliphatic carbocycles. The zero-order chi connectivity index (χ0) is 15.4. The average Bonchev–Trinajstić information content (AvgIpc) is 3.03. The summed E-state index contributed by atoms with van der Waals surface area (Å²) in [6, 6.07) is 10.4. The Bertz CT molecular complexity index is 604. The molecule has 0 atom stereocenters. The number of hydrogen-bond acceptors (Lipinski definition) is 3. The Morgan fingerprint density at radius 2 is 1.82 bits per heavy atom. The fourth-order valence-corrected chi connectivity index (χ4v) is 3.41. The smallest absolute Gasteiger partial charge is 0.227 e. The molecule has 1 amide bonds. The Hall–Kier alpha value is -1.72. The van der Waals surface area contributed by atoms with E-state index in [1.54, 1.807) is 23.5 Å². The highest BCUT2D eigenvalue weighted by Gasteiger charge is 2.21. The fraction of sp³-hybridized carbons (Fsp3) is 0.353. The maximum atomic E-state index is 12.9. The molecule has 0 unspecified atom stereocenters. The van der Waals surface area contributed by atoms with Gasteiger partial charge < -0.3 is 4.90 Å². The molecule has 1 aliphatic heterocycles. The van der Waals surface area contributed by atoms with E-state index in [0.29, 0.717) is 6.42 Å². The van der Waals surface area contributed by atoms with Crippen LogP contribution in [-0.4, -0.2) is 41.9 Å². The van der Waals surface area contributed by atoms with Crippen molar-refractivity contribution in [2.75, 3.05) is 26.2 Å². The summed E-state index contributed by atoms with van der Waals surface area (Å²) in [6.07, 6.45) is 0.352. The molecule has 0 saturated carbocycles. The molecule has 116 valence electrons. The lowest BCUT2D eigenvalue weighted by Crippen LogP contribution is -2.48. The van der Waals surface area contributed by atoms with Crippen molar-refractivity contribution in [2.45, 2.75) is 13.0 Å². The van der Waals surface area contributed by atoms with Crippen LogP contribution < -0.4 is 0 Å². The van der Waals surface area contributed by atoms with Crippen molar-refractivity contribution in [1.29, 1.82) is 0 Å². The molecule has 1 aromatic carbocycles. The van der Waals surface area contributed by atoms with E-state index in [-0.39, 0.29) is 11.7 Å². The van der Waals surface area contributed by atoms with Gasteiger partial charge in [-0.1, -0.05) is 18.2 Å². The van der Waals surface area contributed by atoms with E-state index in [9.17, 15) is 9.18 Å². The first-order valence-corrected chi connectivity index (χ1v) is 8.35. The van der Waals surface area contributed by atoms with Crippen molar-refractivity contribution in [3.05, 3.63) is 58.0 Å². The van der Waals surface area contributed by atoms with Crippen molar-refractivity contribution in [3.63, 3.8) is 0 Å². The number of piperazine rings is 1. The molecule has 3 nitrogen and oxygen atoms in total. The Labute approximate surface area is 134 Å². The first-order valence-electron chi connectivity index (χ1n) is 7.48. The number of thiophene rings is 1. The van der Waals surface area contributed by atoms with Gasteiger partial charge in [-0.25, -0.2) is 4.39 Å². The van der Waals surface area contributed by atoms with E-state index < -0.39 is 0 Å². The van der Waals surface area contributed by atoms with Gasteiger partial charge in [-0.15, -0.1) is 11.3 Å². The van der Waals surface area contributed by atoms with Gasteiger partial charge in [0.2, 0.25) is 5.91 Å². The lowest BCUT2D eigenvalue weighted by molar-refractivity contribution is -0.132. The first kappa shape index (κ1) is 15.2. The van der Waals surface area contributed by atoms with Crippen LogP contribution in [-0.2, 0) is 17.8 Å². The third kappa shape index (κ3) is 3.93. The van der Waals surface area contributed by atoms with Gasteiger partial charge in [0.25, 0.3) is 0 Å². The molecule has 5 heteroatoms. The number of nitrogens with zero attached hydrogens (tertiary/aromatic N) is 2. The highest BCUT2D eigenvalue weighted by Crippen LogP contribution is 2.14. The average molecular weight is 318 g/mol. The van der Waals surface area contributed by atoms with Crippen molar-refractivity contribution in [1.82, 2.24) is 9.80 Å². The standard InChI is InChI=1S/C17H19FN2OS/c18-15-5-3-14(4-6-15)12-17(21)20-9-7-19(8-10-20)13-16-2-1-11-22-16/h1-6,11H,7-10,12-13H2. The van der Waals surface area contributed by atoms with Gasteiger partial charge in [0, 0.05) is 37.6 Å². The van der Waals surface area contributed by atoms with Gasteiger partial charge in [0.1, 0.15) is 5.82 Å². The van der Waals surface area contributed by atoms with Crippen LogP contribution in [0.25, 0.3) is 0 Å². The number of halogens is 1. The van der Waals surface area contributed by atoms with Crippen molar-refractivity contribution in [2.24, 2.45) is 0 Å². The summed E-state index contributed by atoms with van der Waals surface area (Å²) in [7, 11) is 0. The predicted octanol–water partition coefficient (Wildman–Crippen LogP) is 2.77. The highest BCUT2D eigenvalue weighted by molar-refractivity contribution is 7.09. The minimum absolute atomic E-state index is 0.127. The first-order chi connectivity index (χ1) is 10.7. The molecule has 0 N–H and O–H groups in total. The van der Waals surface area contributed by atoms with Crippen LogP contribution in [0.2, 0.25) is 0 Å². The number of carbonyl (C=O) groups is 1. The summed E-state index contributed by atoms with van der Waals surface area (Å²) in [4.78, 5) is 18.0. The third-order valence-corrected chi connectivity index (χ3v) is 4.81. The van der Waals surface area contributed by atoms with Crippen LogP contribution in [0.3, 0.4) is 0 Å². The Kier molecular flexibility index (Phi) is 4.85.